The molecule has 3 N–H and O–H groups in total. The van der Waals surface area contributed by atoms with E-state index in [1.807, 2.05) is 49.2 Å². The summed E-state index contributed by atoms with van der Waals surface area (Å²) < 4.78 is 28.2. The van der Waals surface area contributed by atoms with Crippen LogP contribution in [0.3, 0.4) is 0 Å². The Morgan fingerprint density at radius 2 is 1.86 bits per heavy atom. The molecule has 0 aliphatic carbocycles. The lowest BCUT2D eigenvalue weighted by Crippen LogP contribution is -2.38. The summed E-state index contributed by atoms with van der Waals surface area (Å²) in [5, 5.41) is 8.44. The molecule has 0 aliphatic heterocycles. The van der Waals surface area contributed by atoms with Crippen molar-refractivity contribution in [3.05, 3.63) is 59.7 Å². The third-order valence-electron chi connectivity index (χ3n) is 3.91. The molecule has 0 aromatic heterocycles. The smallest absolute Gasteiger partial charge is 0.238 e. The van der Waals surface area contributed by atoms with Crippen LogP contribution < -0.4 is 15.2 Å². The minimum atomic E-state index is -3.72. The van der Waals surface area contributed by atoms with Gasteiger partial charge in [-0.25, -0.2) is 18.5 Å². The maximum atomic E-state index is 11.5. The topological polar surface area (TPSA) is 97.0 Å². The third-order valence-corrected chi connectivity index (χ3v) is 4.82. The molecule has 0 amide bonds. The van der Waals surface area contributed by atoms with Gasteiger partial charge in [0.05, 0.1) is 18.6 Å². The summed E-state index contributed by atoms with van der Waals surface area (Å²) in [5.41, 5.74) is 1.90. The van der Waals surface area contributed by atoms with E-state index in [1.54, 1.807) is 19.2 Å². The number of nitrogens with two attached hydrogens (primary N) is 1. The van der Waals surface area contributed by atoms with Crippen molar-refractivity contribution in [2.45, 2.75) is 24.9 Å². The van der Waals surface area contributed by atoms with Gasteiger partial charge in [0.15, 0.2) is 5.96 Å². The first kappa shape index (κ1) is 24.2. The SMILES string of the molecule is CCNC(=NCc1cccc(S(N)(=O)=O)c1)N(C)Cc1ccc(OC)cc1.I. The number of halogens is 1. The molecule has 0 heterocycles. The number of guanidine groups is 1. The summed E-state index contributed by atoms with van der Waals surface area (Å²) in [6.45, 7) is 3.74. The molecule has 0 aliphatic rings. The van der Waals surface area contributed by atoms with Crippen LogP contribution >= 0.6 is 24.0 Å². The van der Waals surface area contributed by atoms with Gasteiger partial charge in [-0.15, -0.1) is 24.0 Å². The third kappa shape index (κ3) is 7.28. The Morgan fingerprint density at radius 3 is 2.43 bits per heavy atom. The fourth-order valence-electron chi connectivity index (χ4n) is 2.54. The van der Waals surface area contributed by atoms with Crippen LogP contribution in [0.1, 0.15) is 18.1 Å². The average Bonchev–Trinajstić information content (AvgIpc) is 2.65. The van der Waals surface area contributed by atoms with Gasteiger partial charge in [0.25, 0.3) is 0 Å². The first-order valence-electron chi connectivity index (χ1n) is 8.57. The average molecular weight is 518 g/mol. The molecule has 0 spiro atoms. The summed E-state index contributed by atoms with van der Waals surface area (Å²) in [6.07, 6.45) is 0. The Bertz CT molecular complexity index is 886. The number of rotatable bonds is 7. The van der Waals surface area contributed by atoms with E-state index in [4.69, 9.17) is 9.88 Å². The van der Waals surface area contributed by atoms with Crippen molar-refractivity contribution in [1.82, 2.24) is 10.2 Å². The van der Waals surface area contributed by atoms with Gasteiger partial charge >= 0.3 is 0 Å². The maximum absolute atomic E-state index is 11.5. The van der Waals surface area contributed by atoms with Crippen molar-refractivity contribution in [2.24, 2.45) is 10.1 Å². The maximum Gasteiger partial charge on any atom is 0.238 e. The van der Waals surface area contributed by atoms with E-state index in [0.29, 0.717) is 13.1 Å². The van der Waals surface area contributed by atoms with Crippen LogP contribution in [-0.4, -0.2) is 40.0 Å². The lowest BCUT2D eigenvalue weighted by atomic mass is 10.2. The fraction of sp³-hybridized carbons (Fsp3) is 0.316. The number of sulfonamides is 1. The second-order valence-electron chi connectivity index (χ2n) is 6.07. The minimum absolute atomic E-state index is 0. The molecule has 154 valence electrons. The molecule has 28 heavy (non-hydrogen) atoms. The monoisotopic (exact) mass is 518 g/mol. The molecule has 0 unspecified atom stereocenters. The minimum Gasteiger partial charge on any atom is -0.497 e. The van der Waals surface area contributed by atoms with Crippen molar-refractivity contribution < 1.29 is 13.2 Å². The van der Waals surface area contributed by atoms with Gasteiger partial charge in [0, 0.05) is 20.1 Å². The number of primary sulfonamides is 1. The van der Waals surface area contributed by atoms with Gasteiger partial charge in [0.2, 0.25) is 10.0 Å². The summed E-state index contributed by atoms with van der Waals surface area (Å²) >= 11 is 0. The van der Waals surface area contributed by atoms with Crippen molar-refractivity contribution in [3.63, 3.8) is 0 Å². The van der Waals surface area contributed by atoms with E-state index in [0.717, 1.165) is 29.4 Å². The van der Waals surface area contributed by atoms with E-state index in [-0.39, 0.29) is 28.9 Å². The molecule has 0 atom stereocenters. The zero-order valence-corrected chi connectivity index (χ0v) is 19.4. The normalized spacial score (nSPS) is 11.5. The van der Waals surface area contributed by atoms with Crippen LogP contribution in [0.2, 0.25) is 0 Å². The van der Waals surface area contributed by atoms with Crippen LogP contribution in [-0.2, 0) is 23.1 Å². The predicted octanol–water partition coefficient (Wildman–Crippen LogP) is 2.56. The van der Waals surface area contributed by atoms with Crippen molar-refractivity contribution in [3.8, 4) is 5.75 Å². The van der Waals surface area contributed by atoms with Gasteiger partial charge in [0.1, 0.15) is 5.75 Å². The zero-order chi connectivity index (χ0) is 19.9. The van der Waals surface area contributed by atoms with Crippen molar-refractivity contribution >= 4 is 40.0 Å². The molecule has 0 saturated carbocycles. The van der Waals surface area contributed by atoms with E-state index < -0.39 is 10.0 Å². The van der Waals surface area contributed by atoms with Crippen LogP contribution in [0, 0.1) is 0 Å². The first-order chi connectivity index (χ1) is 12.8. The molecule has 7 nitrogen and oxygen atoms in total. The number of aliphatic imine (C=N–C) groups is 1. The molecular weight excluding hydrogens is 491 g/mol. The Kier molecular flexibility index (Phi) is 9.70. The molecule has 0 bridgehead atoms. The molecule has 2 aromatic rings. The summed E-state index contributed by atoms with van der Waals surface area (Å²) in [7, 11) is -0.130. The summed E-state index contributed by atoms with van der Waals surface area (Å²) in [6, 6.07) is 14.4. The van der Waals surface area contributed by atoms with E-state index >= 15 is 0 Å². The number of nitrogens with zero attached hydrogens (tertiary/aromatic N) is 2. The predicted molar refractivity (Wildman–Crippen MR) is 123 cm³/mol. The highest BCUT2D eigenvalue weighted by molar-refractivity contribution is 14.0. The van der Waals surface area contributed by atoms with Crippen molar-refractivity contribution in [2.75, 3.05) is 20.7 Å². The molecule has 0 fully saturated rings. The fourth-order valence-corrected chi connectivity index (χ4v) is 3.12. The summed E-state index contributed by atoms with van der Waals surface area (Å²) in [4.78, 5) is 6.71. The Morgan fingerprint density at radius 1 is 1.18 bits per heavy atom. The Labute approximate surface area is 184 Å². The van der Waals surface area contributed by atoms with Crippen LogP contribution in [0.25, 0.3) is 0 Å². The standard InChI is InChI=1S/C19H26N4O3S.HI/c1-4-21-19(23(2)14-15-8-10-17(26-3)11-9-15)22-13-16-6-5-7-18(12-16)27(20,24)25;/h5-12H,4,13-14H2,1-3H3,(H,21,22)(H2,20,24,25);1H. The number of methoxy groups -OCH3 is 1. The van der Waals surface area contributed by atoms with Crippen molar-refractivity contribution in [1.29, 1.82) is 0 Å². The number of nitrogens with one attached hydrogen (secondary N) is 1. The lowest BCUT2D eigenvalue weighted by Gasteiger charge is -2.22. The lowest BCUT2D eigenvalue weighted by molar-refractivity contribution is 0.414. The summed E-state index contributed by atoms with van der Waals surface area (Å²) in [5.74, 6) is 1.55. The molecule has 2 rings (SSSR count). The van der Waals surface area contributed by atoms with Crippen LogP contribution in [0.4, 0.5) is 0 Å². The molecule has 9 heteroatoms. The second kappa shape index (κ2) is 11.2. The van der Waals surface area contributed by atoms with E-state index in [9.17, 15) is 8.42 Å². The quantitative estimate of drug-likeness (QED) is 0.334. The number of ether oxygens (including phenoxy) is 1. The highest BCUT2D eigenvalue weighted by atomic mass is 127. The largest absolute Gasteiger partial charge is 0.497 e. The zero-order valence-electron chi connectivity index (χ0n) is 16.3. The molecule has 0 saturated heterocycles. The molecular formula is C19H27IN4O3S. The highest BCUT2D eigenvalue weighted by Crippen LogP contribution is 2.13. The second-order valence-corrected chi connectivity index (χ2v) is 7.63. The van der Waals surface area contributed by atoms with Crippen LogP contribution in [0.15, 0.2) is 58.4 Å². The van der Waals surface area contributed by atoms with Gasteiger partial charge in [-0.2, -0.15) is 0 Å². The van der Waals surface area contributed by atoms with Gasteiger partial charge in [-0.3, -0.25) is 0 Å². The number of hydrogen-bond donors (Lipinski definition) is 2. The van der Waals surface area contributed by atoms with Gasteiger partial charge in [-0.05, 0) is 42.3 Å². The Balaban J connectivity index is 0.00000392. The first-order valence-corrected chi connectivity index (χ1v) is 10.1. The highest BCUT2D eigenvalue weighted by Gasteiger charge is 2.09. The van der Waals surface area contributed by atoms with E-state index in [1.165, 1.54) is 6.07 Å². The van der Waals surface area contributed by atoms with Crippen LogP contribution in [0.5, 0.6) is 5.75 Å². The number of hydrogen-bond acceptors (Lipinski definition) is 4. The van der Waals surface area contributed by atoms with E-state index in [2.05, 4.69) is 10.3 Å². The van der Waals surface area contributed by atoms with Gasteiger partial charge in [-0.1, -0.05) is 24.3 Å². The Hall–Kier alpha value is -1.85. The van der Waals surface area contributed by atoms with Gasteiger partial charge < -0.3 is 15.0 Å². The molecule has 0 radical (unpaired) electrons. The number of benzene rings is 2. The molecule has 2 aromatic carbocycles.